The Bertz CT molecular complexity index is 784. The van der Waals surface area contributed by atoms with Gasteiger partial charge in [0.1, 0.15) is 0 Å². The summed E-state index contributed by atoms with van der Waals surface area (Å²) in [7, 11) is 0. The molecule has 2 aromatic rings. The molecule has 0 amide bonds. The zero-order chi connectivity index (χ0) is 19.1. The van der Waals surface area contributed by atoms with Gasteiger partial charge in [0.25, 0.3) is 0 Å². The standard InChI is InChI=1S/C22H23NO.CH3BI/c24-22-19-14-8-7-13-18(19)21(23-17-11-5-2-6-12-17)20(22)15-16-9-3-1-4-10-16;1-2-3/h1,3-4,7-10,13-15,17,21,23H,2,5-6,11-12H2;1H3/b20-15+;. The fraction of sp³-hybridized carbons (Fsp3) is 0.348. The highest BCUT2D eigenvalue weighted by atomic mass is 127. The summed E-state index contributed by atoms with van der Waals surface area (Å²) in [4.78, 5) is 12.9. The third-order valence-corrected chi connectivity index (χ3v) is 5.22. The molecule has 0 aliphatic heterocycles. The molecule has 27 heavy (non-hydrogen) atoms. The van der Waals surface area contributed by atoms with Gasteiger partial charge in [0.2, 0.25) is 0 Å². The molecule has 1 saturated carbocycles. The fourth-order valence-corrected chi connectivity index (χ4v) is 3.97. The van der Waals surface area contributed by atoms with Crippen molar-refractivity contribution in [2.24, 2.45) is 0 Å². The molecule has 1 N–H and O–H groups in total. The first-order chi connectivity index (χ1) is 13.2. The number of halogens is 1. The van der Waals surface area contributed by atoms with E-state index in [0.717, 1.165) is 22.3 Å². The molecule has 2 nitrogen and oxygen atoms in total. The molecule has 4 rings (SSSR count). The van der Waals surface area contributed by atoms with Crippen LogP contribution in [0.25, 0.3) is 6.08 Å². The third kappa shape index (κ3) is 5.11. The number of rotatable bonds is 3. The molecular weight excluding hydrogens is 444 g/mol. The number of benzene rings is 2. The van der Waals surface area contributed by atoms with Crippen LogP contribution in [0.5, 0.6) is 0 Å². The van der Waals surface area contributed by atoms with Crippen LogP contribution in [0.2, 0.25) is 6.82 Å². The molecule has 2 aliphatic carbocycles. The van der Waals surface area contributed by atoms with E-state index in [4.69, 9.17) is 0 Å². The first-order valence-corrected chi connectivity index (χ1v) is 11.0. The minimum absolute atomic E-state index is 0.0250. The highest BCUT2D eigenvalue weighted by Crippen LogP contribution is 2.38. The second kappa shape index (κ2) is 10.2. The number of hydrogen-bond acceptors (Lipinski definition) is 2. The van der Waals surface area contributed by atoms with Crippen molar-refractivity contribution in [3.8, 4) is 0 Å². The lowest BCUT2D eigenvalue weighted by Gasteiger charge is -2.27. The number of carbonyl (C=O) groups is 1. The SMILES string of the molecule is C[B]I.O=C1/C(=C/c2ccccc2)C(NC2CCCCC2)c2ccccc21. The molecule has 1 unspecified atom stereocenters. The topological polar surface area (TPSA) is 29.1 Å². The van der Waals surface area contributed by atoms with E-state index in [-0.39, 0.29) is 11.8 Å². The summed E-state index contributed by atoms with van der Waals surface area (Å²) < 4.78 is 0. The Balaban J connectivity index is 0.000000659. The van der Waals surface area contributed by atoms with Crippen molar-refractivity contribution < 1.29 is 4.79 Å². The highest BCUT2D eigenvalue weighted by molar-refractivity contribution is 14.1. The summed E-state index contributed by atoms with van der Waals surface area (Å²) in [5.41, 5.74) is 3.96. The third-order valence-electron chi connectivity index (χ3n) is 5.22. The number of fused-ring (bicyclic) bond motifs is 1. The second-order valence-electron chi connectivity index (χ2n) is 7.08. The summed E-state index contributed by atoms with van der Waals surface area (Å²) in [5.74, 6) is 0.169. The summed E-state index contributed by atoms with van der Waals surface area (Å²) >= 11 is 2.16. The number of ketones is 1. The zero-order valence-electron chi connectivity index (χ0n) is 15.8. The molecule has 1 fully saturated rings. The molecule has 0 saturated heterocycles. The molecule has 139 valence electrons. The lowest BCUT2D eigenvalue weighted by atomic mass is 9.93. The maximum atomic E-state index is 12.9. The Morgan fingerprint density at radius 1 is 1.00 bits per heavy atom. The Morgan fingerprint density at radius 3 is 2.33 bits per heavy atom. The van der Waals surface area contributed by atoms with Crippen LogP contribution < -0.4 is 5.32 Å². The van der Waals surface area contributed by atoms with Crippen molar-refractivity contribution >= 4 is 39.4 Å². The maximum Gasteiger partial charge on any atom is 0.196 e. The van der Waals surface area contributed by atoms with Crippen molar-refractivity contribution in [3.63, 3.8) is 0 Å². The van der Waals surface area contributed by atoms with Crippen LogP contribution in [0.3, 0.4) is 0 Å². The number of nitrogens with one attached hydrogen (secondary N) is 1. The van der Waals surface area contributed by atoms with Crippen LogP contribution in [-0.2, 0) is 0 Å². The molecule has 2 aliphatic rings. The van der Waals surface area contributed by atoms with Gasteiger partial charge in [-0.2, -0.15) is 22.4 Å². The fourth-order valence-electron chi connectivity index (χ4n) is 3.97. The van der Waals surface area contributed by atoms with Gasteiger partial charge >= 0.3 is 0 Å². The van der Waals surface area contributed by atoms with Gasteiger partial charge in [-0.1, -0.05) is 80.7 Å². The van der Waals surface area contributed by atoms with E-state index in [1.54, 1.807) is 0 Å². The van der Waals surface area contributed by atoms with Gasteiger partial charge in [0.05, 0.1) is 6.04 Å². The first-order valence-electron chi connectivity index (χ1n) is 9.79. The predicted octanol–water partition coefficient (Wildman–Crippen LogP) is 6.02. The molecule has 4 heteroatoms. The van der Waals surface area contributed by atoms with Gasteiger partial charge in [-0.05, 0) is 30.0 Å². The number of Topliss-reactive ketones (excluding diaryl/α,β-unsaturated/α-hetero) is 1. The Labute approximate surface area is 177 Å². The number of carbonyl (C=O) groups excluding carboxylic acids is 1. The van der Waals surface area contributed by atoms with E-state index in [9.17, 15) is 4.79 Å². The summed E-state index contributed by atoms with van der Waals surface area (Å²) in [6.45, 7) is 1.99. The van der Waals surface area contributed by atoms with Gasteiger partial charge in [-0.3, -0.25) is 4.79 Å². The molecule has 0 spiro atoms. The maximum absolute atomic E-state index is 12.9. The minimum atomic E-state index is 0.0250. The molecule has 0 heterocycles. The van der Waals surface area contributed by atoms with Gasteiger partial charge < -0.3 is 5.32 Å². The van der Waals surface area contributed by atoms with E-state index in [1.807, 2.05) is 48.4 Å². The van der Waals surface area contributed by atoms with Gasteiger partial charge in [0.15, 0.2) is 10.9 Å². The van der Waals surface area contributed by atoms with E-state index in [1.165, 1.54) is 32.1 Å². The Morgan fingerprint density at radius 2 is 1.63 bits per heavy atom. The van der Waals surface area contributed by atoms with E-state index < -0.39 is 0 Å². The molecule has 0 bridgehead atoms. The lowest BCUT2D eigenvalue weighted by molar-refractivity contribution is 0.103. The van der Waals surface area contributed by atoms with E-state index >= 15 is 0 Å². The number of hydrogen-bond donors (Lipinski definition) is 1. The quantitative estimate of drug-likeness (QED) is 0.338. The lowest BCUT2D eigenvalue weighted by Crippen LogP contribution is -2.34. The Kier molecular flexibility index (Phi) is 7.71. The van der Waals surface area contributed by atoms with Crippen molar-refractivity contribution in [3.05, 3.63) is 76.9 Å². The largest absolute Gasteiger partial charge is 0.303 e. The monoisotopic (exact) mass is 470 g/mol. The smallest absolute Gasteiger partial charge is 0.196 e. The first kappa shape index (κ1) is 20.3. The summed E-state index contributed by atoms with van der Waals surface area (Å²) in [5, 5.41) is 5.76. The van der Waals surface area contributed by atoms with Crippen molar-refractivity contribution in [2.75, 3.05) is 0 Å². The predicted molar refractivity (Wildman–Crippen MR) is 124 cm³/mol. The molecular formula is C23H26BINO. The van der Waals surface area contributed by atoms with Crippen LogP contribution in [-0.4, -0.2) is 17.0 Å². The van der Waals surface area contributed by atoms with Crippen LogP contribution in [0.1, 0.15) is 59.6 Å². The highest BCUT2D eigenvalue weighted by Gasteiger charge is 2.35. The molecule has 2 aromatic carbocycles. The summed E-state index contributed by atoms with van der Waals surface area (Å²) in [6.07, 6.45) is 8.40. The van der Waals surface area contributed by atoms with Crippen molar-refractivity contribution in [1.82, 2.24) is 5.32 Å². The van der Waals surface area contributed by atoms with Crippen molar-refractivity contribution in [2.45, 2.75) is 51.0 Å². The van der Waals surface area contributed by atoms with Crippen LogP contribution >= 0.6 is 22.4 Å². The van der Waals surface area contributed by atoms with Gasteiger partial charge in [-0.25, -0.2) is 0 Å². The van der Waals surface area contributed by atoms with Gasteiger partial charge in [-0.15, -0.1) is 0 Å². The normalized spacial score (nSPS) is 20.7. The van der Waals surface area contributed by atoms with Crippen LogP contribution in [0.4, 0.5) is 0 Å². The average Bonchev–Trinajstić information content (AvgIpc) is 2.96. The molecule has 1 atom stereocenters. The zero-order valence-corrected chi connectivity index (χ0v) is 18.0. The van der Waals surface area contributed by atoms with Crippen LogP contribution in [0.15, 0.2) is 60.2 Å². The van der Waals surface area contributed by atoms with Crippen molar-refractivity contribution in [1.29, 1.82) is 0 Å². The minimum Gasteiger partial charge on any atom is -0.303 e. The molecule has 1 radical (unpaired) electrons. The molecule has 0 aromatic heterocycles. The van der Waals surface area contributed by atoms with Gasteiger partial charge in [0, 0.05) is 17.2 Å². The second-order valence-corrected chi connectivity index (χ2v) is 8.33. The van der Waals surface area contributed by atoms with Crippen LogP contribution in [0, 0.1) is 0 Å². The average molecular weight is 470 g/mol. The van der Waals surface area contributed by atoms with E-state index in [0.29, 0.717) is 6.04 Å². The Hall–Kier alpha value is -1.40. The summed E-state index contributed by atoms with van der Waals surface area (Å²) in [6, 6.07) is 18.7. The van der Waals surface area contributed by atoms with E-state index in [2.05, 4.69) is 52.0 Å².